The molecule has 1 unspecified atom stereocenters. The van der Waals surface area contributed by atoms with Gasteiger partial charge >= 0.3 is 0 Å². The van der Waals surface area contributed by atoms with E-state index in [1.165, 1.54) is 0 Å². The molecule has 1 saturated heterocycles. The minimum atomic E-state index is -0.146. The molecule has 0 aliphatic carbocycles. The van der Waals surface area contributed by atoms with Crippen LogP contribution in [0.4, 0.5) is 11.4 Å². The van der Waals surface area contributed by atoms with Crippen molar-refractivity contribution in [2.45, 2.75) is 33.2 Å². The number of rotatable bonds is 9. The van der Waals surface area contributed by atoms with Gasteiger partial charge in [-0.1, -0.05) is 13.8 Å². The predicted octanol–water partition coefficient (Wildman–Crippen LogP) is 3.73. The number of ketones is 1. The molecule has 0 aromatic heterocycles. The maximum absolute atomic E-state index is 12.5. The summed E-state index contributed by atoms with van der Waals surface area (Å²) in [5.74, 6) is 1.24. The fourth-order valence-corrected chi connectivity index (χ4v) is 3.37. The summed E-state index contributed by atoms with van der Waals surface area (Å²) < 4.78 is 5.66. The van der Waals surface area contributed by atoms with Crippen molar-refractivity contribution in [2.24, 2.45) is 5.92 Å². The average Bonchev–Trinajstić information content (AvgIpc) is 3.20. The Hall–Kier alpha value is -2.86. The van der Waals surface area contributed by atoms with Gasteiger partial charge < -0.3 is 20.3 Å². The van der Waals surface area contributed by atoms with Crippen molar-refractivity contribution in [2.75, 3.05) is 36.5 Å². The van der Waals surface area contributed by atoms with Crippen LogP contribution in [0.1, 0.15) is 37.6 Å². The fraction of sp³-hybridized carbons (Fsp3) is 0.417. The zero-order chi connectivity index (χ0) is 21.5. The van der Waals surface area contributed by atoms with E-state index in [-0.39, 0.29) is 11.7 Å². The molecule has 30 heavy (non-hydrogen) atoms. The third-order valence-corrected chi connectivity index (χ3v) is 5.02. The molecule has 1 aliphatic heterocycles. The minimum Gasteiger partial charge on any atom is -0.493 e. The number of ether oxygens (including phenoxy) is 1. The molecule has 0 saturated carbocycles. The topological polar surface area (TPSA) is 70.7 Å². The summed E-state index contributed by atoms with van der Waals surface area (Å²) in [6.45, 7) is 8.70. The zero-order valence-electron chi connectivity index (χ0n) is 18.0. The van der Waals surface area contributed by atoms with E-state index < -0.39 is 0 Å². The van der Waals surface area contributed by atoms with Gasteiger partial charge in [0.25, 0.3) is 5.91 Å². The second kappa shape index (κ2) is 10.3. The van der Waals surface area contributed by atoms with Crippen molar-refractivity contribution < 1.29 is 14.3 Å². The first kappa shape index (κ1) is 21.8. The van der Waals surface area contributed by atoms with E-state index in [1.807, 2.05) is 36.4 Å². The third-order valence-electron chi connectivity index (χ3n) is 5.02. The summed E-state index contributed by atoms with van der Waals surface area (Å²) in [5, 5.41) is 6.24. The van der Waals surface area contributed by atoms with Gasteiger partial charge in [-0.15, -0.1) is 0 Å². The molecule has 1 aliphatic rings. The lowest BCUT2D eigenvalue weighted by molar-refractivity contribution is -0.116. The molecule has 2 N–H and O–H groups in total. The molecule has 1 amide bonds. The number of hydrogen-bond acceptors (Lipinski definition) is 5. The average molecular weight is 410 g/mol. The number of carbonyl (C=O) groups excluding carboxylic acids is 2. The normalized spacial score (nSPS) is 16.0. The van der Waals surface area contributed by atoms with E-state index in [0.29, 0.717) is 30.7 Å². The molecule has 2 aromatic rings. The quantitative estimate of drug-likeness (QED) is 0.660. The smallest absolute Gasteiger partial charge is 0.255 e. The number of nitrogens with zero attached hydrogens (tertiary/aromatic N) is 1. The number of Topliss-reactive ketones (excluding diaryl/α,β-unsaturated/α-hetero) is 1. The molecular weight excluding hydrogens is 378 g/mol. The SMILES string of the molecule is CC(=O)CNC1CCN(c2ccc(NC(=O)c3ccc(OCC(C)C)cc3)cc2)C1. The van der Waals surface area contributed by atoms with Crippen LogP contribution in [-0.2, 0) is 4.79 Å². The van der Waals surface area contributed by atoms with Crippen LogP contribution in [0.2, 0.25) is 0 Å². The van der Waals surface area contributed by atoms with Gasteiger partial charge in [0.15, 0.2) is 0 Å². The largest absolute Gasteiger partial charge is 0.493 e. The lowest BCUT2D eigenvalue weighted by Gasteiger charge is -2.19. The van der Waals surface area contributed by atoms with Crippen molar-refractivity contribution >= 4 is 23.1 Å². The van der Waals surface area contributed by atoms with Crippen LogP contribution in [0.3, 0.4) is 0 Å². The van der Waals surface area contributed by atoms with Gasteiger partial charge in [-0.2, -0.15) is 0 Å². The second-order valence-electron chi connectivity index (χ2n) is 8.24. The van der Waals surface area contributed by atoms with Gasteiger partial charge in [0.2, 0.25) is 0 Å². The van der Waals surface area contributed by atoms with Crippen LogP contribution in [0.15, 0.2) is 48.5 Å². The molecule has 0 radical (unpaired) electrons. The number of anilines is 2. The number of hydrogen-bond donors (Lipinski definition) is 2. The molecule has 160 valence electrons. The number of carbonyl (C=O) groups is 2. The highest BCUT2D eigenvalue weighted by Crippen LogP contribution is 2.23. The Morgan fingerprint density at radius 3 is 2.43 bits per heavy atom. The van der Waals surface area contributed by atoms with Crippen LogP contribution in [-0.4, -0.2) is 44.0 Å². The van der Waals surface area contributed by atoms with Crippen LogP contribution in [0.5, 0.6) is 5.75 Å². The van der Waals surface area contributed by atoms with Crippen LogP contribution < -0.4 is 20.3 Å². The van der Waals surface area contributed by atoms with Crippen molar-refractivity contribution in [1.82, 2.24) is 5.32 Å². The highest BCUT2D eigenvalue weighted by molar-refractivity contribution is 6.04. The summed E-state index contributed by atoms with van der Waals surface area (Å²) in [6, 6.07) is 15.4. The summed E-state index contributed by atoms with van der Waals surface area (Å²) in [6.07, 6.45) is 1.02. The summed E-state index contributed by atoms with van der Waals surface area (Å²) in [7, 11) is 0. The molecule has 0 spiro atoms. The Morgan fingerprint density at radius 1 is 1.10 bits per heavy atom. The highest BCUT2D eigenvalue weighted by Gasteiger charge is 2.22. The van der Waals surface area contributed by atoms with Crippen LogP contribution in [0, 0.1) is 5.92 Å². The van der Waals surface area contributed by atoms with Crippen molar-refractivity contribution in [3.05, 3.63) is 54.1 Å². The molecule has 0 bridgehead atoms. The second-order valence-corrected chi connectivity index (χ2v) is 8.24. The number of amides is 1. The van der Waals surface area contributed by atoms with E-state index >= 15 is 0 Å². The van der Waals surface area contributed by atoms with Gasteiger partial charge in [-0.25, -0.2) is 0 Å². The lowest BCUT2D eigenvalue weighted by Crippen LogP contribution is -2.35. The van der Waals surface area contributed by atoms with Crippen LogP contribution in [0.25, 0.3) is 0 Å². The summed E-state index contributed by atoms with van der Waals surface area (Å²) in [5.41, 5.74) is 2.47. The Kier molecular flexibility index (Phi) is 7.46. The van der Waals surface area contributed by atoms with E-state index in [2.05, 4.69) is 29.4 Å². The lowest BCUT2D eigenvalue weighted by atomic mass is 10.2. The van der Waals surface area contributed by atoms with Gasteiger partial charge in [0.1, 0.15) is 11.5 Å². The first-order valence-corrected chi connectivity index (χ1v) is 10.5. The van der Waals surface area contributed by atoms with Gasteiger partial charge in [-0.05, 0) is 67.8 Å². The van der Waals surface area contributed by atoms with E-state index in [1.54, 1.807) is 19.1 Å². The molecule has 1 atom stereocenters. The third kappa shape index (κ3) is 6.32. The van der Waals surface area contributed by atoms with Gasteiger partial charge in [0, 0.05) is 36.1 Å². The Bertz CT molecular complexity index is 847. The zero-order valence-corrected chi connectivity index (χ0v) is 18.0. The maximum Gasteiger partial charge on any atom is 0.255 e. The molecule has 1 fully saturated rings. The van der Waals surface area contributed by atoms with Gasteiger partial charge in [0.05, 0.1) is 13.2 Å². The van der Waals surface area contributed by atoms with Crippen molar-refractivity contribution in [1.29, 1.82) is 0 Å². The molecule has 2 aromatic carbocycles. The molecule has 6 heteroatoms. The van der Waals surface area contributed by atoms with Crippen molar-refractivity contribution in [3.8, 4) is 5.75 Å². The van der Waals surface area contributed by atoms with E-state index in [0.717, 1.165) is 36.6 Å². The molecule has 6 nitrogen and oxygen atoms in total. The predicted molar refractivity (Wildman–Crippen MR) is 120 cm³/mol. The van der Waals surface area contributed by atoms with Crippen LogP contribution >= 0.6 is 0 Å². The first-order valence-electron chi connectivity index (χ1n) is 10.5. The summed E-state index contributed by atoms with van der Waals surface area (Å²) >= 11 is 0. The molecule has 1 heterocycles. The number of nitrogens with one attached hydrogen (secondary N) is 2. The highest BCUT2D eigenvalue weighted by atomic mass is 16.5. The standard InChI is InChI=1S/C24H31N3O3/c1-17(2)16-30-23-10-4-19(5-11-23)24(29)26-20-6-8-22(9-7-20)27-13-12-21(15-27)25-14-18(3)28/h4-11,17,21,25H,12-16H2,1-3H3,(H,26,29). The minimum absolute atomic E-state index is 0.146. The molecule has 3 rings (SSSR count). The monoisotopic (exact) mass is 409 g/mol. The molecular formula is C24H31N3O3. The van der Waals surface area contributed by atoms with Gasteiger partial charge in [-0.3, -0.25) is 9.59 Å². The Balaban J connectivity index is 1.51. The fourth-order valence-electron chi connectivity index (χ4n) is 3.37. The van der Waals surface area contributed by atoms with Crippen molar-refractivity contribution in [3.63, 3.8) is 0 Å². The van der Waals surface area contributed by atoms with E-state index in [4.69, 9.17) is 4.74 Å². The first-order chi connectivity index (χ1) is 14.4. The Morgan fingerprint density at radius 2 is 1.80 bits per heavy atom. The maximum atomic E-state index is 12.5. The summed E-state index contributed by atoms with van der Waals surface area (Å²) in [4.78, 5) is 25.9. The number of benzene rings is 2. The van der Waals surface area contributed by atoms with E-state index in [9.17, 15) is 9.59 Å². The Labute approximate surface area is 178 Å².